The third kappa shape index (κ3) is 5.42. The second kappa shape index (κ2) is 6.98. The maximum absolute atomic E-state index is 12.2. The van der Waals surface area contributed by atoms with E-state index in [9.17, 15) is 9.59 Å². The minimum atomic E-state index is -0.722. The van der Waals surface area contributed by atoms with E-state index in [-0.39, 0.29) is 5.91 Å². The summed E-state index contributed by atoms with van der Waals surface area (Å²) in [6, 6.07) is 0.870. The molecule has 0 saturated carbocycles. The third-order valence-corrected chi connectivity index (χ3v) is 2.87. The summed E-state index contributed by atoms with van der Waals surface area (Å²) >= 11 is 5.94. The quantitative estimate of drug-likeness (QED) is 0.850. The van der Waals surface area contributed by atoms with Crippen LogP contribution in [0.4, 0.5) is 0 Å². The lowest BCUT2D eigenvalue weighted by Crippen LogP contribution is -2.42. The number of rotatable bonds is 5. The number of ether oxygens (including phenoxy) is 1. The molecular formula is C15H23ClN2O3. The number of aromatic nitrogens is 1. The average Bonchev–Trinajstić information content (AvgIpc) is 2.68. The first-order valence-corrected chi connectivity index (χ1v) is 7.41. The van der Waals surface area contributed by atoms with Crippen LogP contribution in [0.15, 0.2) is 12.3 Å². The van der Waals surface area contributed by atoms with Crippen molar-refractivity contribution in [1.82, 2.24) is 9.88 Å². The summed E-state index contributed by atoms with van der Waals surface area (Å²) < 4.78 is 7.01. The number of halogens is 1. The Morgan fingerprint density at radius 3 is 2.57 bits per heavy atom. The summed E-state index contributed by atoms with van der Waals surface area (Å²) in [5, 5.41) is 3.14. The van der Waals surface area contributed by atoms with Crippen molar-refractivity contribution in [2.75, 3.05) is 0 Å². The first kappa shape index (κ1) is 17.6. The largest absolute Gasteiger partial charge is 0.458 e. The van der Waals surface area contributed by atoms with Crippen molar-refractivity contribution in [2.45, 2.75) is 59.2 Å². The van der Waals surface area contributed by atoms with Crippen molar-refractivity contribution in [3.8, 4) is 0 Å². The molecule has 1 heterocycles. The number of hydrogen-bond donors (Lipinski definition) is 1. The Morgan fingerprint density at radius 2 is 2.05 bits per heavy atom. The fourth-order valence-electron chi connectivity index (χ4n) is 1.81. The van der Waals surface area contributed by atoms with Crippen molar-refractivity contribution >= 4 is 23.5 Å². The first-order valence-electron chi connectivity index (χ1n) is 7.03. The van der Waals surface area contributed by atoms with Gasteiger partial charge in [-0.3, -0.25) is 4.79 Å². The van der Waals surface area contributed by atoms with Gasteiger partial charge in [0.1, 0.15) is 17.3 Å². The van der Waals surface area contributed by atoms with E-state index in [4.69, 9.17) is 16.3 Å². The molecule has 1 aromatic heterocycles. The zero-order chi connectivity index (χ0) is 16.2. The summed E-state index contributed by atoms with van der Waals surface area (Å²) in [6.07, 6.45) is 2.59. The van der Waals surface area contributed by atoms with Crippen LogP contribution in [0.5, 0.6) is 0 Å². The monoisotopic (exact) mass is 314 g/mol. The van der Waals surface area contributed by atoms with Gasteiger partial charge in [0, 0.05) is 12.7 Å². The topological polar surface area (TPSA) is 60.3 Å². The second-order valence-electron chi connectivity index (χ2n) is 5.97. The molecule has 21 heavy (non-hydrogen) atoms. The van der Waals surface area contributed by atoms with Gasteiger partial charge in [0.15, 0.2) is 0 Å². The molecule has 118 valence electrons. The van der Waals surface area contributed by atoms with Crippen LogP contribution in [-0.4, -0.2) is 28.1 Å². The van der Waals surface area contributed by atoms with Crippen molar-refractivity contribution in [1.29, 1.82) is 0 Å². The van der Waals surface area contributed by atoms with E-state index in [1.54, 1.807) is 44.5 Å². The number of carbonyl (C=O) groups excluding carboxylic acids is 2. The summed E-state index contributed by atoms with van der Waals surface area (Å²) in [5.41, 5.74) is -0.140. The standard InChI is InChI=1S/C15H23ClN2O3/c1-6-7-18-9-11(16)8-12(18)13(19)17-10(2)14(20)21-15(3,4)5/h8-10H,6-7H2,1-5H3,(H,17,19)/t10-/m0/s1. The van der Waals surface area contributed by atoms with Crippen LogP contribution < -0.4 is 5.32 Å². The Balaban J connectivity index is 2.74. The zero-order valence-corrected chi connectivity index (χ0v) is 14.0. The molecule has 0 unspecified atom stereocenters. The van der Waals surface area contributed by atoms with Crippen molar-refractivity contribution in [2.24, 2.45) is 0 Å². The molecule has 0 bridgehead atoms. The Bertz CT molecular complexity index is 517. The van der Waals surface area contributed by atoms with Gasteiger partial charge in [-0.25, -0.2) is 4.79 Å². The van der Waals surface area contributed by atoms with Gasteiger partial charge in [0.2, 0.25) is 0 Å². The van der Waals surface area contributed by atoms with Gasteiger partial charge in [-0.1, -0.05) is 18.5 Å². The highest BCUT2D eigenvalue weighted by atomic mass is 35.5. The van der Waals surface area contributed by atoms with Crippen LogP contribution in [0.25, 0.3) is 0 Å². The summed E-state index contributed by atoms with van der Waals surface area (Å²) in [4.78, 5) is 24.1. The van der Waals surface area contributed by atoms with Gasteiger partial charge in [0.05, 0.1) is 5.02 Å². The van der Waals surface area contributed by atoms with Gasteiger partial charge in [0.25, 0.3) is 5.91 Å². The highest BCUT2D eigenvalue weighted by Crippen LogP contribution is 2.15. The van der Waals surface area contributed by atoms with Gasteiger partial charge in [-0.15, -0.1) is 0 Å². The molecule has 0 fully saturated rings. The van der Waals surface area contributed by atoms with Crippen molar-refractivity contribution in [3.63, 3.8) is 0 Å². The van der Waals surface area contributed by atoms with Crippen LogP contribution in [0, 0.1) is 0 Å². The average molecular weight is 315 g/mol. The van der Waals surface area contributed by atoms with Gasteiger partial charge >= 0.3 is 5.97 Å². The van der Waals surface area contributed by atoms with Gasteiger partial charge in [-0.05, 0) is 40.2 Å². The predicted molar refractivity (Wildman–Crippen MR) is 82.5 cm³/mol. The Kier molecular flexibility index (Phi) is 5.84. The zero-order valence-electron chi connectivity index (χ0n) is 13.2. The number of amides is 1. The number of nitrogens with zero attached hydrogens (tertiary/aromatic N) is 1. The molecule has 0 radical (unpaired) electrons. The normalized spacial score (nSPS) is 12.9. The molecule has 1 aromatic rings. The molecule has 0 aliphatic heterocycles. The lowest BCUT2D eigenvalue weighted by Gasteiger charge is -2.22. The fraction of sp³-hybridized carbons (Fsp3) is 0.600. The van der Waals surface area contributed by atoms with Crippen LogP contribution in [0.2, 0.25) is 5.02 Å². The summed E-state index contributed by atoms with van der Waals surface area (Å²) in [5.74, 6) is -0.802. The van der Waals surface area contributed by atoms with E-state index in [1.165, 1.54) is 0 Å². The van der Waals surface area contributed by atoms with Crippen LogP contribution in [-0.2, 0) is 16.1 Å². The molecule has 1 atom stereocenters. The number of carbonyl (C=O) groups is 2. The van der Waals surface area contributed by atoms with E-state index >= 15 is 0 Å². The highest BCUT2D eigenvalue weighted by molar-refractivity contribution is 6.31. The lowest BCUT2D eigenvalue weighted by molar-refractivity contribution is -0.156. The molecule has 6 heteroatoms. The van der Waals surface area contributed by atoms with E-state index < -0.39 is 17.6 Å². The molecular weight excluding hydrogens is 292 g/mol. The molecule has 1 N–H and O–H groups in total. The van der Waals surface area contributed by atoms with Crippen molar-refractivity contribution in [3.05, 3.63) is 23.0 Å². The summed E-state index contributed by atoms with van der Waals surface area (Å²) in [6.45, 7) is 9.65. The number of aryl methyl sites for hydroxylation is 1. The minimum absolute atomic E-state index is 0.339. The third-order valence-electron chi connectivity index (χ3n) is 2.67. The Hall–Kier alpha value is -1.49. The molecule has 0 saturated heterocycles. The molecule has 5 nitrogen and oxygen atoms in total. The molecule has 0 spiro atoms. The number of esters is 1. The van der Waals surface area contributed by atoms with E-state index in [1.807, 2.05) is 6.92 Å². The van der Waals surface area contributed by atoms with Gasteiger partial charge in [-0.2, -0.15) is 0 Å². The molecule has 0 aromatic carbocycles. The maximum Gasteiger partial charge on any atom is 0.328 e. The Morgan fingerprint density at radius 1 is 1.43 bits per heavy atom. The van der Waals surface area contributed by atoms with Crippen LogP contribution >= 0.6 is 11.6 Å². The second-order valence-corrected chi connectivity index (χ2v) is 6.40. The number of hydrogen-bond acceptors (Lipinski definition) is 3. The maximum atomic E-state index is 12.2. The van der Waals surface area contributed by atoms with Crippen LogP contribution in [0.3, 0.4) is 0 Å². The first-order chi connectivity index (χ1) is 9.64. The van der Waals surface area contributed by atoms with E-state index in [0.717, 1.165) is 6.42 Å². The molecule has 0 aliphatic carbocycles. The van der Waals surface area contributed by atoms with Crippen molar-refractivity contribution < 1.29 is 14.3 Å². The SMILES string of the molecule is CCCn1cc(Cl)cc1C(=O)N[C@@H](C)C(=O)OC(C)(C)C. The Labute approximate surface area is 130 Å². The highest BCUT2D eigenvalue weighted by Gasteiger charge is 2.24. The molecule has 1 rings (SSSR count). The molecule has 0 aliphatic rings. The van der Waals surface area contributed by atoms with E-state index in [0.29, 0.717) is 17.3 Å². The summed E-state index contributed by atoms with van der Waals surface area (Å²) in [7, 11) is 0. The molecule has 1 amide bonds. The predicted octanol–water partition coefficient (Wildman–Crippen LogP) is 3.01. The van der Waals surface area contributed by atoms with Crippen LogP contribution in [0.1, 0.15) is 51.5 Å². The smallest absolute Gasteiger partial charge is 0.328 e. The van der Waals surface area contributed by atoms with E-state index in [2.05, 4.69) is 5.32 Å². The minimum Gasteiger partial charge on any atom is -0.458 e. The number of nitrogens with one attached hydrogen (secondary N) is 1. The lowest BCUT2D eigenvalue weighted by atomic mass is 10.2. The van der Waals surface area contributed by atoms with Gasteiger partial charge < -0.3 is 14.6 Å². The fourth-order valence-corrected chi connectivity index (χ4v) is 2.03.